The van der Waals surface area contributed by atoms with E-state index >= 15 is 0 Å². The second-order valence-corrected chi connectivity index (χ2v) is 6.49. The molecule has 1 aliphatic carbocycles. The van der Waals surface area contributed by atoms with E-state index in [0.29, 0.717) is 12.1 Å². The summed E-state index contributed by atoms with van der Waals surface area (Å²) in [6.45, 7) is 3.92. The molecule has 1 amide bonds. The molecule has 1 aromatic rings. The summed E-state index contributed by atoms with van der Waals surface area (Å²) in [4.78, 5) is 14.5. The number of benzene rings is 1. The maximum atomic E-state index is 12.3. The minimum Gasteiger partial charge on any atom is -0.333 e. The lowest BCUT2D eigenvalue weighted by molar-refractivity contribution is -0.139. The van der Waals surface area contributed by atoms with Crippen molar-refractivity contribution in [2.24, 2.45) is 5.92 Å². The Balaban J connectivity index is 1.94. The van der Waals surface area contributed by atoms with Crippen LogP contribution in [-0.2, 0) is 4.79 Å². The Morgan fingerprint density at radius 1 is 1.10 bits per heavy atom. The number of fused-ring (bicyclic) bond motifs is 1. The molecule has 0 aromatic heterocycles. The van der Waals surface area contributed by atoms with Crippen molar-refractivity contribution in [3.8, 4) is 0 Å². The number of carbonyl (C=O) groups excluding carboxylic acids is 1. The number of hydrogen-bond acceptors (Lipinski definition) is 1. The van der Waals surface area contributed by atoms with Crippen LogP contribution < -0.4 is 0 Å². The molecule has 3 unspecified atom stereocenters. The van der Waals surface area contributed by atoms with E-state index in [1.807, 2.05) is 0 Å². The Labute approximate surface area is 122 Å². The zero-order valence-electron chi connectivity index (χ0n) is 12.6. The molecule has 2 aliphatic rings. The van der Waals surface area contributed by atoms with Gasteiger partial charge in [-0.3, -0.25) is 4.79 Å². The van der Waals surface area contributed by atoms with Gasteiger partial charge in [-0.15, -0.1) is 0 Å². The second-order valence-electron chi connectivity index (χ2n) is 6.49. The maximum absolute atomic E-state index is 12.3. The van der Waals surface area contributed by atoms with E-state index in [9.17, 15) is 4.79 Å². The topological polar surface area (TPSA) is 20.3 Å². The normalized spacial score (nSPS) is 29.9. The van der Waals surface area contributed by atoms with E-state index < -0.39 is 0 Å². The number of amides is 1. The van der Waals surface area contributed by atoms with Crippen LogP contribution in [0.15, 0.2) is 24.3 Å². The molecule has 1 saturated heterocycles. The van der Waals surface area contributed by atoms with Gasteiger partial charge < -0.3 is 4.90 Å². The van der Waals surface area contributed by atoms with Crippen LogP contribution >= 0.6 is 0 Å². The molecule has 0 N–H and O–H groups in total. The van der Waals surface area contributed by atoms with Crippen LogP contribution in [0.4, 0.5) is 0 Å². The van der Waals surface area contributed by atoms with Crippen LogP contribution in [0.25, 0.3) is 0 Å². The predicted octanol–water partition coefficient (Wildman–Crippen LogP) is 4.24. The third-order valence-corrected chi connectivity index (χ3v) is 5.28. The molecule has 0 spiro atoms. The molecule has 1 aliphatic heterocycles. The SMILES string of the molecule is CC(=O)N1C(c2ccccc2C)CCC2CCCCC21. The number of hydrogen-bond donors (Lipinski definition) is 0. The second kappa shape index (κ2) is 5.59. The lowest BCUT2D eigenvalue weighted by Gasteiger charge is -2.48. The van der Waals surface area contributed by atoms with Gasteiger partial charge in [0.05, 0.1) is 6.04 Å². The molecule has 1 heterocycles. The van der Waals surface area contributed by atoms with E-state index in [4.69, 9.17) is 0 Å². The van der Waals surface area contributed by atoms with Gasteiger partial charge in [0.1, 0.15) is 0 Å². The van der Waals surface area contributed by atoms with Gasteiger partial charge in [0.15, 0.2) is 0 Å². The molecule has 0 bridgehead atoms. The molecule has 2 nitrogen and oxygen atoms in total. The molecule has 3 rings (SSSR count). The van der Waals surface area contributed by atoms with E-state index in [2.05, 4.69) is 36.1 Å². The average molecular weight is 271 g/mol. The molecule has 3 atom stereocenters. The van der Waals surface area contributed by atoms with Gasteiger partial charge >= 0.3 is 0 Å². The Hall–Kier alpha value is -1.31. The van der Waals surface area contributed by atoms with Crippen LogP contribution in [0.3, 0.4) is 0 Å². The predicted molar refractivity (Wildman–Crippen MR) is 81.4 cm³/mol. The zero-order chi connectivity index (χ0) is 14.1. The minimum absolute atomic E-state index is 0.259. The van der Waals surface area contributed by atoms with Crippen molar-refractivity contribution in [2.45, 2.75) is 64.5 Å². The van der Waals surface area contributed by atoms with Crippen molar-refractivity contribution in [3.63, 3.8) is 0 Å². The van der Waals surface area contributed by atoms with Gasteiger partial charge in [-0.25, -0.2) is 0 Å². The Morgan fingerprint density at radius 3 is 2.60 bits per heavy atom. The third-order valence-electron chi connectivity index (χ3n) is 5.28. The molecular weight excluding hydrogens is 246 g/mol. The molecule has 1 saturated carbocycles. The third kappa shape index (κ3) is 2.36. The van der Waals surface area contributed by atoms with E-state index in [0.717, 1.165) is 12.3 Å². The maximum Gasteiger partial charge on any atom is 0.220 e. The summed E-state index contributed by atoms with van der Waals surface area (Å²) in [7, 11) is 0. The standard InChI is InChI=1S/C18H25NO/c1-13-7-3-5-9-16(13)18-12-11-15-8-4-6-10-17(15)19(18)14(2)20/h3,5,7,9,15,17-18H,4,6,8,10-12H2,1-2H3. The number of likely N-dealkylation sites (tertiary alicyclic amines) is 1. The van der Waals surface area contributed by atoms with Gasteiger partial charge in [0.25, 0.3) is 0 Å². The summed E-state index contributed by atoms with van der Waals surface area (Å²) in [6.07, 6.45) is 7.56. The largest absolute Gasteiger partial charge is 0.333 e. The summed E-state index contributed by atoms with van der Waals surface area (Å²) < 4.78 is 0. The van der Waals surface area contributed by atoms with Gasteiger partial charge in [0.2, 0.25) is 5.91 Å². The summed E-state index contributed by atoms with van der Waals surface area (Å²) in [5.41, 5.74) is 2.67. The molecule has 1 aromatic carbocycles. The fourth-order valence-electron chi connectivity index (χ4n) is 4.35. The summed E-state index contributed by atoms with van der Waals surface area (Å²) in [5.74, 6) is 1.00. The first kappa shape index (κ1) is 13.7. The first-order valence-corrected chi connectivity index (χ1v) is 8.03. The molecule has 2 heteroatoms. The lowest BCUT2D eigenvalue weighted by Crippen LogP contribution is -2.50. The number of piperidine rings is 1. The van der Waals surface area contributed by atoms with E-state index in [1.165, 1.54) is 43.2 Å². The van der Waals surface area contributed by atoms with Crippen molar-refractivity contribution in [3.05, 3.63) is 35.4 Å². The zero-order valence-corrected chi connectivity index (χ0v) is 12.6. The Kier molecular flexibility index (Phi) is 3.82. The fraction of sp³-hybridized carbons (Fsp3) is 0.611. The number of nitrogens with zero attached hydrogens (tertiary/aromatic N) is 1. The summed E-state index contributed by atoms with van der Waals surface area (Å²) in [5, 5.41) is 0. The smallest absolute Gasteiger partial charge is 0.220 e. The van der Waals surface area contributed by atoms with E-state index in [-0.39, 0.29) is 5.91 Å². The summed E-state index contributed by atoms with van der Waals surface area (Å²) >= 11 is 0. The first-order chi connectivity index (χ1) is 9.68. The lowest BCUT2D eigenvalue weighted by atomic mass is 9.75. The van der Waals surface area contributed by atoms with Crippen LogP contribution in [0, 0.1) is 12.8 Å². The number of aryl methyl sites for hydroxylation is 1. The first-order valence-electron chi connectivity index (χ1n) is 8.03. The quantitative estimate of drug-likeness (QED) is 0.748. The number of rotatable bonds is 1. The highest BCUT2D eigenvalue weighted by atomic mass is 16.2. The number of carbonyl (C=O) groups is 1. The van der Waals surface area contributed by atoms with Crippen LogP contribution in [0.5, 0.6) is 0 Å². The van der Waals surface area contributed by atoms with Crippen molar-refractivity contribution in [2.75, 3.05) is 0 Å². The van der Waals surface area contributed by atoms with Crippen molar-refractivity contribution < 1.29 is 4.79 Å². The summed E-state index contributed by atoms with van der Waals surface area (Å²) in [6, 6.07) is 9.35. The molecule has 20 heavy (non-hydrogen) atoms. The fourth-order valence-corrected chi connectivity index (χ4v) is 4.35. The van der Waals surface area contributed by atoms with E-state index in [1.54, 1.807) is 6.92 Å². The molecule has 2 fully saturated rings. The van der Waals surface area contributed by atoms with Crippen LogP contribution in [0.1, 0.15) is 62.6 Å². The highest BCUT2D eigenvalue weighted by Gasteiger charge is 2.40. The van der Waals surface area contributed by atoms with Gasteiger partial charge in [-0.2, -0.15) is 0 Å². The average Bonchev–Trinajstić information content (AvgIpc) is 2.46. The van der Waals surface area contributed by atoms with Crippen molar-refractivity contribution in [1.82, 2.24) is 4.90 Å². The van der Waals surface area contributed by atoms with Crippen molar-refractivity contribution in [1.29, 1.82) is 0 Å². The molecule has 108 valence electrons. The van der Waals surface area contributed by atoms with Gasteiger partial charge in [-0.05, 0) is 49.7 Å². The highest BCUT2D eigenvalue weighted by molar-refractivity contribution is 5.74. The monoisotopic (exact) mass is 271 g/mol. The van der Waals surface area contributed by atoms with Crippen LogP contribution in [-0.4, -0.2) is 16.8 Å². The molecular formula is C18H25NO. The van der Waals surface area contributed by atoms with Crippen LogP contribution in [0.2, 0.25) is 0 Å². The van der Waals surface area contributed by atoms with Crippen molar-refractivity contribution >= 4 is 5.91 Å². The highest BCUT2D eigenvalue weighted by Crippen LogP contribution is 2.43. The Bertz CT molecular complexity index is 496. The van der Waals surface area contributed by atoms with Gasteiger partial charge in [-0.1, -0.05) is 37.1 Å². The Morgan fingerprint density at radius 2 is 1.85 bits per heavy atom. The minimum atomic E-state index is 0.259. The van der Waals surface area contributed by atoms with Gasteiger partial charge in [0, 0.05) is 13.0 Å². The molecule has 0 radical (unpaired) electrons.